The van der Waals surface area contributed by atoms with E-state index in [1.54, 1.807) is 0 Å². The van der Waals surface area contributed by atoms with Gasteiger partial charge in [0, 0.05) is 13.6 Å². The Morgan fingerprint density at radius 3 is 2.43 bits per heavy atom. The lowest BCUT2D eigenvalue weighted by Gasteiger charge is -2.16. The number of ether oxygens (including phenoxy) is 1. The van der Waals surface area contributed by atoms with E-state index in [9.17, 15) is 19.2 Å². The maximum absolute atomic E-state index is 12.2. The Morgan fingerprint density at radius 1 is 1.30 bits per heavy atom. The van der Waals surface area contributed by atoms with Crippen LogP contribution < -0.4 is 17.0 Å². The van der Waals surface area contributed by atoms with Crippen molar-refractivity contribution in [2.75, 3.05) is 12.3 Å². The molecule has 0 bridgehead atoms. The first-order valence-corrected chi connectivity index (χ1v) is 7.53. The molecule has 1 aromatic heterocycles. The van der Waals surface area contributed by atoms with Crippen LogP contribution in [-0.4, -0.2) is 27.5 Å². The summed E-state index contributed by atoms with van der Waals surface area (Å²) in [5.41, 5.74) is 4.21. The number of carbonyl (C=O) groups excluding carboxylic acids is 2. The molecule has 1 fully saturated rings. The highest BCUT2D eigenvalue weighted by Crippen LogP contribution is 2.30. The highest BCUT2D eigenvalue weighted by Gasteiger charge is 2.32. The summed E-state index contributed by atoms with van der Waals surface area (Å²) in [7, 11) is 1.29. The van der Waals surface area contributed by atoms with Gasteiger partial charge in [-0.3, -0.25) is 23.5 Å². The van der Waals surface area contributed by atoms with Crippen LogP contribution in [-0.2, 0) is 23.1 Å². The van der Waals surface area contributed by atoms with E-state index < -0.39 is 29.6 Å². The van der Waals surface area contributed by atoms with Crippen molar-refractivity contribution in [2.24, 2.45) is 18.9 Å². The molecule has 2 rings (SSSR count). The van der Waals surface area contributed by atoms with Gasteiger partial charge in [-0.25, -0.2) is 4.79 Å². The van der Waals surface area contributed by atoms with Crippen LogP contribution >= 0.6 is 0 Å². The summed E-state index contributed by atoms with van der Waals surface area (Å²) in [5, 5.41) is 0. The minimum Gasteiger partial charge on any atom is -0.457 e. The summed E-state index contributed by atoms with van der Waals surface area (Å²) < 4.78 is 6.94. The number of carbonyl (C=O) groups is 2. The maximum Gasteiger partial charge on any atom is 0.332 e. The number of aromatic nitrogens is 2. The number of nitrogens with zero attached hydrogens (tertiary/aromatic N) is 2. The Bertz CT molecular complexity index is 756. The van der Waals surface area contributed by atoms with Crippen LogP contribution in [0.4, 0.5) is 5.82 Å². The highest BCUT2D eigenvalue weighted by molar-refractivity contribution is 6.01. The van der Waals surface area contributed by atoms with Crippen molar-refractivity contribution < 1.29 is 14.3 Å². The van der Waals surface area contributed by atoms with Gasteiger partial charge < -0.3 is 10.5 Å². The number of esters is 1. The van der Waals surface area contributed by atoms with Gasteiger partial charge in [0.15, 0.2) is 6.61 Å². The molecule has 2 N–H and O–H groups in total. The smallest absolute Gasteiger partial charge is 0.332 e. The molecule has 0 aliphatic heterocycles. The summed E-state index contributed by atoms with van der Waals surface area (Å²) in [6.07, 6.45) is 1.52. The SMILES string of the molecule is CC(C)Cn1c(N)c(C(=O)COC(=O)C2CC2)c(=O)n(C)c1=O. The Hall–Kier alpha value is -2.38. The molecule has 0 unspecified atom stereocenters. The number of rotatable bonds is 6. The largest absolute Gasteiger partial charge is 0.457 e. The molecule has 126 valence electrons. The van der Waals surface area contributed by atoms with E-state index in [-0.39, 0.29) is 29.8 Å². The first-order chi connectivity index (χ1) is 10.7. The zero-order valence-electron chi connectivity index (χ0n) is 13.5. The lowest BCUT2D eigenvalue weighted by atomic mass is 10.1. The summed E-state index contributed by atoms with van der Waals surface area (Å²) in [6, 6.07) is 0. The normalized spacial score (nSPS) is 14.1. The first kappa shape index (κ1) is 17.0. The molecule has 1 aromatic rings. The van der Waals surface area contributed by atoms with Gasteiger partial charge in [-0.1, -0.05) is 13.8 Å². The fourth-order valence-corrected chi connectivity index (χ4v) is 2.23. The minimum atomic E-state index is -0.778. The van der Waals surface area contributed by atoms with E-state index in [0.717, 1.165) is 17.4 Å². The Kier molecular flexibility index (Phi) is 4.72. The second kappa shape index (κ2) is 6.39. The van der Waals surface area contributed by atoms with Gasteiger partial charge in [0.2, 0.25) is 5.78 Å². The highest BCUT2D eigenvalue weighted by atomic mass is 16.5. The van der Waals surface area contributed by atoms with Gasteiger partial charge in [-0.2, -0.15) is 0 Å². The van der Waals surface area contributed by atoms with Gasteiger partial charge in [-0.15, -0.1) is 0 Å². The van der Waals surface area contributed by atoms with Crippen LogP contribution in [0.25, 0.3) is 0 Å². The van der Waals surface area contributed by atoms with Crippen LogP contribution in [0.15, 0.2) is 9.59 Å². The Balaban J connectivity index is 2.34. The second-order valence-corrected chi connectivity index (χ2v) is 6.22. The number of nitrogens with two attached hydrogens (primary N) is 1. The van der Waals surface area contributed by atoms with Gasteiger partial charge in [0.25, 0.3) is 5.56 Å². The van der Waals surface area contributed by atoms with E-state index in [0.29, 0.717) is 0 Å². The summed E-state index contributed by atoms with van der Waals surface area (Å²) >= 11 is 0. The number of ketones is 1. The van der Waals surface area contributed by atoms with Crippen molar-refractivity contribution in [3.63, 3.8) is 0 Å². The summed E-state index contributed by atoms with van der Waals surface area (Å²) in [4.78, 5) is 48.1. The lowest BCUT2D eigenvalue weighted by Crippen LogP contribution is -2.43. The van der Waals surface area contributed by atoms with Crippen molar-refractivity contribution in [1.29, 1.82) is 0 Å². The Labute approximate surface area is 132 Å². The molecule has 0 radical (unpaired) electrons. The monoisotopic (exact) mass is 323 g/mol. The van der Waals surface area contributed by atoms with Crippen molar-refractivity contribution in [3.8, 4) is 0 Å². The zero-order valence-corrected chi connectivity index (χ0v) is 13.5. The van der Waals surface area contributed by atoms with Gasteiger partial charge >= 0.3 is 11.7 Å². The predicted octanol–water partition coefficient (Wildman–Crippen LogP) is -0.0789. The van der Waals surface area contributed by atoms with E-state index >= 15 is 0 Å². The molecule has 23 heavy (non-hydrogen) atoms. The summed E-state index contributed by atoms with van der Waals surface area (Å²) in [5.74, 6) is -1.36. The van der Waals surface area contributed by atoms with Crippen molar-refractivity contribution in [3.05, 3.63) is 26.4 Å². The molecule has 8 heteroatoms. The van der Waals surface area contributed by atoms with Gasteiger partial charge in [0.1, 0.15) is 11.4 Å². The zero-order chi connectivity index (χ0) is 17.3. The molecule has 0 saturated heterocycles. The number of hydrogen-bond donors (Lipinski definition) is 1. The molecule has 1 aliphatic rings. The third-order valence-electron chi connectivity index (χ3n) is 3.67. The number of anilines is 1. The molecule has 1 aliphatic carbocycles. The first-order valence-electron chi connectivity index (χ1n) is 7.53. The standard InChI is InChI=1S/C15H21N3O5/c1-8(2)6-18-12(16)11(13(20)17(3)15(18)22)10(19)7-23-14(21)9-4-5-9/h8-9H,4-7,16H2,1-3H3. The van der Waals surface area contributed by atoms with Crippen molar-refractivity contribution in [2.45, 2.75) is 33.2 Å². The number of nitrogen functional groups attached to an aromatic ring is 1. The van der Waals surface area contributed by atoms with Gasteiger partial charge in [-0.05, 0) is 18.8 Å². The third kappa shape index (κ3) is 3.52. The van der Waals surface area contributed by atoms with E-state index in [1.165, 1.54) is 11.6 Å². The average Bonchev–Trinajstić information content (AvgIpc) is 3.31. The average molecular weight is 323 g/mol. The molecule has 0 aromatic carbocycles. The predicted molar refractivity (Wildman–Crippen MR) is 83.2 cm³/mol. The molecular weight excluding hydrogens is 302 g/mol. The van der Waals surface area contributed by atoms with E-state index in [2.05, 4.69) is 0 Å². The quantitative estimate of drug-likeness (QED) is 0.578. The van der Waals surface area contributed by atoms with Gasteiger partial charge in [0.05, 0.1) is 5.92 Å². The van der Waals surface area contributed by atoms with Crippen LogP contribution in [0.5, 0.6) is 0 Å². The molecule has 1 saturated carbocycles. The van der Waals surface area contributed by atoms with E-state index in [4.69, 9.17) is 10.5 Å². The molecule has 1 heterocycles. The molecule has 0 atom stereocenters. The maximum atomic E-state index is 12.2. The van der Waals surface area contributed by atoms with Crippen LogP contribution in [0.3, 0.4) is 0 Å². The van der Waals surface area contributed by atoms with Crippen LogP contribution in [0.2, 0.25) is 0 Å². The van der Waals surface area contributed by atoms with Crippen LogP contribution in [0, 0.1) is 11.8 Å². The van der Waals surface area contributed by atoms with E-state index in [1.807, 2.05) is 13.8 Å². The molecular formula is C15H21N3O5. The van der Waals surface area contributed by atoms with Crippen molar-refractivity contribution >= 4 is 17.6 Å². The summed E-state index contributed by atoms with van der Waals surface area (Å²) in [6.45, 7) is 3.50. The van der Waals surface area contributed by atoms with Crippen molar-refractivity contribution in [1.82, 2.24) is 9.13 Å². The molecule has 0 amide bonds. The fraction of sp³-hybridized carbons (Fsp3) is 0.600. The number of hydrogen-bond acceptors (Lipinski definition) is 6. The molecule has 0 spiro atoms. The number of Topliss-reactive ketones (excluding diaryl/α,β-unsaturated/α-hetero) is 1. The lowest BCUT2D eigenvalue weighted by molar-refractivity contribution is -0.144. The fourth-order valence-electron chi connectivity index (χ4n) is 2.23. The molecule has 8 nitrogen and oxygen atoms in total. The third-order valence-corrected chi connectivity index (χ3v) is 3.67. The second-order valence-electron chi connectivity index (χ2n) is 6.22. The topological polar surface area (TPSA) is 113 Å². The minimum absolute atomic E-state index is 0.100. The Morgan fingerprint density at radius 2 is 1.91 bits per heavy atom. The van der Waals surface area contributed by atoms with Crippen LogP contribution in [0.1, 0.15) is 37.0 Å².